The Kier molecular flexibility index (Phi) is 5.59. The van der Waals surface area contributed by atoms with Gasteiger partial charge < -0.3 is 10.6 Å². The van der Waals surface area contributed by atoms with E-state index in [1.807, 2.05) is 43.3 Å². The molecule has 7 heteroatoms. The van der Waals surface area contributed by atoms with Crippen LogP contribution in [0, 0.1) is 17.1 Å². The van der Waals surface area contributed by atoms with Gasteiger partial charge in [-0.3, -0.25) is 4.79 Å². The number of nitrogens with one attached hydrogen (secondary N) is 2. The molecule has 27 heavy (non-hydrogen) atoms. The number of amides is 1. The van der Waals surface area contributed by atoms with Crippen molar-refractivity contribution in [1.29, 1.82) is 5.26 Å². The Balaban J connectivity index is 1.69. The van der Waals surface area contributed by atoms with Crippen LogP contribution in [0.1, 0.15) is 24.1 Å². The standard InChI is InChI=1S/C20H18FN5O/c1-14(15-6-5-7-17(21)10-15)23-13-19(27)25-20-16(11-22)12-24-26(20)18-8-3-2-4-9-18/h2-10,12,14,23H,13H2,1H3,(H,25,27)/t14-/m1/s1. The highest BCUT2D eigenvalue weighted by Crippen LogP contribution is 2.19. The lowest BCUT2D eigenvalue weighted by atomic mass is 10.1. The highest BCUT2D eigenvalue weighted by atomic mass is 19.1. The number of carbonyl (C=O) groups excluding carboxylic acids is 1. The topological polar surface area (TPSA) is 82.7 Å². The summed E-state index contributed by atoms with van der Waals surface area (Å²) >= 11 is 0. The molecule has 1 heterocycles. The summed E-state index contributed by atoms with van der Waals surface area (Å²) in [5.74, 6) is -0.336. The zero-order chi connectivity index (χ0) is 19.2. The number of carbonyl (C=O) groups is 1. The molecule has 0 saturated carbocycles. The van der Waals surface area contributed by atoms with Gasteiger partial charge in [0.2, 0.25) is 5.91 Å². The molecule has 2 N–H and O–H groups in total. The largest absolute Gasteiger partial charge is 0.308 e. The van der Waals surface area contributed by atoms with Gasteiger partial charge in [0.15, 0.2) is 5.82 Å². The Morgan fingerprint density at radius 2 is 2.04 bits per heavy atom. The third kappa shape index (κ3) is 4.37. The van der Waals surface area contributed by atoms with E-state index < -0.39 is 0 Å². The van der Waals surface area contributed by atoms with Crippen LogP contribution in [0.25, 0.3) is 5.69 Å². The van der Waals surface area contributed by atoms with E-state index in [4.69, 9.17) is 0 Å². The number of halogens is 1. The molecule has 0 radical (unpaired) electrons. The molecule has 0 spiro atoms. The second kappa shape index (κ2) is 8.25. The molecular weight excluding hydrogens is 345 g/mol. The Morgan fingerprint density at radius 3 is 2.74 bits per heavy atom. The summed E-state index contributed by atoms with van der Waals surface area (Å²) in [5, 5.41) is 19.2. The van der Waals surface area contributed by atoms with Crippen molar-refractivity contribution in [3.63, 3.8) is 0 Å². The fourth-order valence-electron chi connectivity index (χ4n) is 2.63. The van der Waals surface area contributed by atoms with Gasteiger partial charge in [0.25, 0.3) is 0 Å². The molecule has 0 fully saturated rings. The molecule has 1 aromatic heterocycles. The minimum atomic E-state index is -0.326. The van der Waals surface area contributed by atoms with Crippen LogP contribution in [-0.4, -0.2) is 22.2 Å². The smallest absolute Gasteiger partial charge is 0.239 e. The monoisotopic (exact) mass is 363 g/mol. The van der Waals surface area contributed by atoms with Crippen LogP contribution in [0.15, 0.2) is 60.8 Å². The molecule has 1 amide bonds. The number of rotatable bonds is 6. The Hall–Kier alpha value is -3.50. The number of hydrogen-bond donors (Lipinski definition) is 2. The summed E-state index contributed by atoms with van der Waals surface area (Å²) in [7, 11) is 0. The molecule has 0 bridgehead atoms. The first kappa shape index (κ1) is 18.3. The number of nitriles is 1. The third-order valence-electron chi connectivity index (χ3n) is 4.07. The van der Waals surface area contributed by atoms with Gasteiger partial charge in [-0.1, -0.05) is 30.3 Å². The Bertz CT molecular complexity index is 978. The lowest BCUT2D eigenvalue weighted by molar-refractivity contribution is -0.115. The zero-order valence-corrected chi connectivity index (χ0v) is 14.7. The van der Waals surface area contributed by atoms with Crippen molar-refractivity contribution in [2.24, 2.45) is 0 Å². The Morgan fingerprint density at radius 1 is 1.26 bits per heavy atom. The highest BCUT2D eigenvalue weighted by molar-refractivity contribution is 5.93. The second-order valence-corrected chi connectivity index (χ2v) is 5.97. The summed E-state index contributed by atoms with van der Waals surface area (Å²) in [4.78, 5) is 12.4. The van der Waals surface area contributed by atoms with Crippen LogP contribution in [0.5, 0.6) is 0 Å². The molecule has 3 rings (SSSR count). The summed E-state index contributed by atoms with van der Waals surface area (Å²) < 4.78 is 14.8. The minimum Gasteiger partial charge on any atom is -0.308 e. The number of aromatic nitrogens is 2. The van der Waals surface area contributed by atoms with Crippen molar-refractivity contribution in [1.82, 2.24) is 15.1 Å². The van der Waals surface area contributed by atoms with E-state index in [1.54, 1.807) is 12.1 Å². The normalized spacial score (nSPS) is 11.6. The van der Waals surface area contributed by atoms with E-state index in [2.05, 4.69) is 15.7 Å². The van der Waals surface area contributed by atoms with Crippen molar-refractivity contribution in [2.75, 3.05) is 11.9 Å². The van der Waals surface area contributed by atoms with E-state index in [-0.39, 0.29) is 29.9 Å². The maximum Gasteiger partial charge on any atom is 0.239 e. The Labute approximate surface area is 156 Å². The fraction of sp³-hybridized carbons (Fsp3) is 0.150. The SMILES string of the molecule is C[C@@H](NCC(=O)Nc1c(C#N)cnn1-c1ccccc1)c1cccc(F)c1. The van der Waals surface area contributed by atoms with Gasteiger partial charge in [0.1, 0.15) is 17.4 Å². The van der Waals surface area contributed by atoms with Gasteiger partial charge in [-0.05, 0) is 36.8 Å². The number of para-hydroxylation sites is 1. The molecule has 0 aliphatic rings. The molecule has 1 atom stereocenters. The van der Waals surface area contributed by atoms with Gasteiger partial charge in [-0.25, -0.2) is 9.07 Å². The maximum atomic E-state index is 13.3. The number of anilines is 1. The minimum absolute atomic E-state index is 0.00250. The maximum absolute atomic E-state index is 13.3. The second-order valence-electron chi connectivity index (χ2n) is 5.97. The molecule has 6 nitrogen and oxygen atoms in total. The number of nitrogens with zero attached hydrogens (tertiary/aromatic N) is 3. The molecule has 2 aromatic carbocycles. The molecule has 0 aliphatic heterocycles. The van der Waals surface area contributed by atoms with Gasteiger partial charge in [0.05, 0.1) is 18.4 Å². The predicted octanol–water partition coefficient (Wildman–Crippen LogP) is 3.17. The van der Waals surface area contributed by atoms with E-state index in [1.165, 1.54) is 23.0 Å². The summed E-state index contributed by atoms with van der Waals surface area (Å²) in [6.07, 6.45) is 1.41. The lowest BCUT2D eigenvalue weighted by Crippen LogP contribution is -2.31. The van der Waals surface area contributed by atoms with E-state index in [0.29, 0.717) is 5.82 Å². The van der Waals surface area contributed by atoms with Crippen molar-refractivity contribution < 1.29 is 9.18 Å². The average molecular weight is 363 g/mol. The van der Waals surface area contributed by atoms with Crippen LogP contribution in [-0.2, 0) is 4.79 Å². The van der Waals surface area contributed by atoms with Crippen LogP contribution >= 0.6 is 0 Å². The van der Waals surface area contributed by atoms with Crippen LogP contribution in [0.4, 0.5) is 10.2 Å². The first-order chi connectivity index (χ1) is 13.1. The van der Waals surface area contributed by atoms with Gasteiger partial charge in [-0.2, -0.15) is 10.4 Å². The molecule has 0 saturated heterocycles. The zero-order valence-electron chi connectivity index (χ0n) is 14.7. The first-order valence-electron chi connectivity index (χ1n) is 8.40. The van der Waals surface area contributed by atoms with E-state index in [9.17, 15) is 14.4 Å². The molecule has 3 aromatic rings. The molecule has 136 valence electrons. The molecular formula is C20H18FN5O. The van der Waals surface area contributed by atoms with Gasteiger partial charge in [0, 0.05) is 6.04 Å². The van der Waals surface area contributed by atoms with Gasteiger partial charge in [-0.15, -0.1) is 0 Å². The summed E-state index contributed by atoms with van der Waals surface area (Å²) in [6, 6.07) is 17.2. The molecule has 0 unspecified atom stereocenters. The lowest BCUT2D eigenvalue weighted by Gasteiger charge is -2.15. The third-order valence-corrected chi connectivity index (χ3v) is 4.07. The summed E-state index contributed by atoms with van der Waals surface area (Å²) in [6.45, 7) is 1.85. The van der Waals surface area contributed by atoms with Crippen LogP contribution in [0.3, 0.4) is 0 Å². The van der Waals surface area contributed by atoms with Crippen LogP contribution in [0.2, 0.25) is 0 Å². The average Bonchev–Trinajstić information content (AvgIpc) is 3.09. The highest BCUT2D eigenvalue weighted by Gasteiger charge is 2.16. The summed E-state index contributed by atoms with van der Waals surface area (Å²) in [5.41, 5.74) is 1.75. The first-order valence-corrected chi connectivity index (χ1v) is 8.40. The van der Waals surface area contributed by atoms with E-state index >= 15 is 0 Å². The van der Waals surface area contributed by atoms with E-state index in [0.717, 1.165) is 11.3 Å². The predicted molar refractivity (Wildman–Crippen MR) is 99.7 cm³/mol. The number of benzene rings is 2. The van der Waals surface area contributed by atoms with Crippen molar-refractivity contribution >= 4 is 11.7 Å². The fourth-order valence-corrected chi connectivity index (χ4v) is 2.63. The number of hydrogen-bond acceptors (Lipinski definition) is 4. The van der Waals surface area contributed by atoms with Crippen LogP contribution < -0.4 is 10.6 Å². The van der Waals surface area contributed by atoms with Crippen molar-refractivity contribution in [3.05, 3.63) is 77.7 Å². The van der Waals surface area contributed by atoms with Gasteiger partial charge >= 0.3 is 0 Å². The molecule has 0 aliphatic carbocycles. The van der Waals surface area contributed by atoms with Crippen molar-refractivity contribution in [3.8, 4) is 11.8 Å². The van der Waals surface area contributed by atoms with Crippen molar-refractivity contribution in [2.45, 2.75) is 13.0 Å². The quantitative estimate of drug-likeness (QED) is 0.705.